The first kappa shape index (κ1) is 12.3. The molecule has 3 N–H and O–H groups in total. The molecule has 1 aromatic rings. The molecule has 0 spiro atoms. The van der Waals surface area contributed by atoms with E-state index < -0.39 is 6.03 Å². The van der Waals surface area contributed by atoms with Crippen molar-refractivity contribution < 1.29 is 9.59 Å². The van der Waals surface area contributed by atoms with Gasteiger partial charge in [-0.25, -0.2) is 9.80 Å². The molecule has 0 aromatic heterocycles. The summed E-state index contributed by atoms with van der Waals surface area (Å²) >= 11 is 5.04. The summed E-state index contributed by atoms with van der Waals surface area (Å²) in [7, 11) is 0. The maximum Gasteiger partial charge on any atom is 0.343 e. The fourth-order valence-electron chi connectivity index (χ4n) is 1.45. The highest BCUT2D eigenvalue weighted by atomic mass is 32.1. The second kappa shape index (κ2) is 5.01. The minimum Gasteiger partial charge on any atom is -0.331 e. The maximum absolute atomic E-state index is 11.3. The maximum atomic E-state index is 11.3. The molecular weight excluding hydrogens is 252 g/mol. The number of hydrazine groups is 1. The molecule has 0 unspecified atom stereocenters. The van der Waals surface area contributed by atoms with Crippen LogP contribution in [-0.4, -0.2) is 28.6 Å². The van der Waals surface area contributed by atoms with E-state index in [-0.39, 0.29) is 17.6 Å². The second-order valence-electron chi connectivity index (χ2n) is 3.87. The molecule has 3 amide bonds. The number of aryl methyl sites for hydroxylation is 1. The standard InChI is InChI=1S/C11H12N4O2S/c1-7-2-4-8(5-3-7)12-10(18)14-15-6-9(16)13-11(15)17/h2-5H,6H2,1H3,(H2,12,14,18)(H,13,16,17). The number of imide groups is 1. The predicted molar refractivity (Wildman–Crippen MR) is 70.8 cm³/mol. The van der Waals surface area contributed by atoms with Crippen LogP contribution in [0, 0.1) is 6.92 Å². The molecule has 0 bridgehead atoms. The quantitative estimate of drug-likeness (QED) is 0.543. The van der Waals surface area contributed by atoms with E-state index in [0.717, 1.165) is 16.3 Å². The van der Waals surface area contributed by atoms with E-state index in [4.69, 9.17) is 12.2 Å². The van der Waals surface area contributed by atoms with Crippen molar-refractivity contribution in [1.29, 1.82) is 0 Å². The van der Waals surface area contributed by atoms with Crippen LogP contribution in [0.25, 0.3) is 0 Å². The van der Waals surface area contributed by atoms with Gasteiger partial charge in [0.25, 0.3) is 0 Å². The lowest BCUT2D eigenvalue weighted by Crippen LogP contribution is -2.45. The zero-order chi connectivity index (χ0) is 13.1. The van der Waals surface area contributed by atoms with Crippen LogP contribution in [0.2, 0.25) is 0 Å². The van der Waals surface area contributed by atoms with Crippen LogP contribution in [0.1, 0.15) is 5.56 Å². The SMILES string of the molecule is Cc1ccc(NC(=S)NN2CC(=O)NC2=O)cc1. The highest BCUT2D eigenvalue weighted by molar-refractivity contribution is 7.80. The Bertz CT molecular complexity index is 500. The van der Waals surface area contributed by atoms with Crippen molar-refractivity contribution in [1.82, 2.24) is 15.8 Å². The Morgan fingerprint density at radius 3 is 2.56 bits per heavy atom. The van der Waals surface area contributed by atoms with Crippen molar-refractivity contribution in [3.05, 3.63) is 29.8 Å². The zero-order valence-electron chi connectivity index (χ0n) is 9.69. The van der Waals surface area contributed by atoms with Gasteiger partial charge in [-0.1, -0.05) is 17.7 Å². The van der Waals surface area contributed by atoms with Crippen LogP contribution < -0.4 is 16.1 Å². The molecule has 1 aliphatic rings. The summed E-state index contributed by atoms with van der Waals surface area (Å²) in [6.07, 6.45) is 0. The van der Waals surface area contributed by atoms with E-state index in [0.29, 0.717) is 0 Å². The number of anilines is 1. The van der Waals surface area contributed by atoms with Crippen LogP contribution in [-0.2, 0) is 4.79 Å². The summed E-state index contributed by atoms with van der Waals surface area (Å²) in [6, 6.07) is 7.12. The molecule has 2 rings (SSSR count). The highest BCUT2D eigenvalue weighted by Crippen LogP contribution is 2.08. The average molecular weight is 264 g/mol. The molecule has 0 saturated carbocycles. The van der Waals surface area contributed by atoms with Gasteiger partial charge in [0.1, 0.15) is 6.54 Å². The van der Waals surface area contributed by atoms with E-state index in [9.17, 15) is 9.59 Å². The van der Waals surface area contributed by atoms with Gasteiger partial charge >= 0.3 is 6.03 Å². The lowest BCUT2D eigenvalue weighted by atomic mass is 10.2. The number of amides is 3. The molecule has 1 fully saturated rings. The van der Waals surface area contributed by atoms with Crippen molar-refractivity contribution in [2.75, 3.05) is 11.9 Å². The van der Waals surface area contributed by atoms with Crippen LogP contribution in [0.4, 0.5) is 10.5 Å². The van der Waals surface area contributed by atoms with Crippen LogP contribution in [0.3, 0.4) is 0 Å². The predicted octanol–water partition coefficient (Wildman–Crippen LogP) is 0.748. The topological polar surface area (TPSA) is 73.5 Å². The van der Waals surface area contributed by atoms with E-state index in [1.807, 2.05) is 31.2 Å². The number of nitrogens with zero attached hydrogens (tertiary/aromatic N) is 1. The fourth-order valence-corrected chi connectivity index (χ4v) is 1.68. The van der Waals surface area contributed by atoms with Gasteiger partial charge in [-0.15, -0.1) is 0 Å². The highest BCUT2D eigenvalue weighted by Gasteiger charge is 2.27. The second-order valence-corrected chi connectivity index (χ2v) is 4.28. The Morgan fingerprint density at radius 2 is 2.00 bits per heavy atom. The Hall–Kier alpha value is -2.15. The van der Waals surface area contributed by atoms with Gasteiger partial charge < -0.3 is 5.32 Å². The molecule has 1 aliphatic heterocycles. The minimum absolute atomic E-state index is 0.0471. The van der Waals surface area contributed by atoms with Crippen LogP contribution >= 0.6 is 12.2 Å². The first-order valence-corrected chi connectivity index (χ1v) is 5.71. The molecule has 0 radical (unpaired) electrons. The van der Waals surface area contributed by atoms with Crippen LogP contribution in [0.5, 0.6) is 0 Å². The molecule has 6 nitrogen and oxygen atoms in total. The van der Waals surface area contributed by atoms with Gasteiger partial charge in [-0.3, -0.25) is 15.5 Å². The molecule has 1 saturated heterocycles. The molecule has 94 valence electrons. The number of hydrogen-bond acceptors (Lipinski definition) is 3. The summed E-state index contributed by atoms with van der Waals surface area (Å²) in [5.74, 6) is -0.356. The van der Waals surface area contributed by atoms with Gasteiger partial charge in [0.2, 0.25) is 5.91 Å². The number of thiocarbonyl (C=S) groups is 1. The number of urea groups is 1. The number of carbonyl (C=O) groups excluding carboxylic acids is 2. The van der Waals surface area contributed by atoms with Crippen LogP contribution in [0.15, 0.2) is 24.3 Å². The lowest BCUT2D eigenvalue weighted by Gasteiger charge is -2.17. The third-order valence-electron chi connectivity index (χ3n) is 2.34. The summed E-state index contributed by atoms with van der Waals surface area (Å²) < 4.78 is 0. The van der Waals surface area contributed by atoms with E-state index >= 15 is 0 Å². The van der Waals surface area contributed by atoms with Crippen molar-refractivity contribution in [2.24, 2.45) is 0 Å². The van der Waals surface area contributed by atoms with Gasteiger partial charge in [-0.2, -0.15) is 0 Å². The zero-order valence-corrected chi connectivity index (χ0v) is 10.5. The smallest absolute Gasteiger partial charge is 0.331 e. The third-order valence-corrected chi connectivity index (χ3v) is 2.53. The van der Waals surface area contributed by atoms with Crippen molar-refractivity contribution in [3.8, 4) is 0 Å². The van der Waals surface area contributed by atoms with E-state index in [1.54, 1.807) is 0 Å². The van der Waals surface area contributed by atoms with Crippen molar-refractivity contribution in [2.45, 2.75) is 6.92 Å². The Balaban J connectivity index is 1.91. The molecule has 0 aliphatic carbocycles. The first-order chi connectivity index (χ1) is 8.54. The molecule has 1 aromatic carbocycles. The molecule has 0 atom stereocenters. The number of rotatable bonds is 2. The number of hydrogen-bond donors (Lipinski definition) is 3. The van der Waals surface area contributed by atoms with Gasteiger partial charge in [0.15, 0.2) is 5.11 Å². The summed E-state index contributed by atoms with van der Waals surface area (Å²) in [5.41, 5.74) is 4.59. The molecule has 7 heteroatoms. The normalized spacial score (nSPS) is 14.4. The van der Waals surface area contributed by atoms with Crippen molar-refractivity contribution in [3.63, 3.8) is 0 Å². The van der Waals surface area contributed by atoms with Crippen molar-refractivity contribution >= 4 is 35.0 Å². The first-order valence-electron chi connectivity index (χ1n) is 5.30. The Kier molecular flexibility index (Phi) is 3.42. The molecule has 1 heterocycles. The average Bonchev–Trinajstić information content (AvgIpc) is 2.61. The summed E-state index contributed by atoms with van der Waals surface area (Å²) in [5, 5.41) is 6.43. The van der Waals surface area contributed by atoms with Gasteiger partial charge in [-0.05, 0) is 31.3 Å². The monoisotopic (exact) mass is 264 g/mol. The van der Waals surface area contributed by atoms with Gasteiger partial charge in [0, 0.05) is 5.69 Å². The minimum atomic E-state index is -0.506. The Labute approximate surface area is 109 Å². The van der Waals surface area contributed by atoms with E-state index in [1.165, 1.54) is 0 Å². The Morgan fingerprint density at radius 1 is 1.33 bits per heavy atom. The van der Waals surface area contributed by atoms with Gasteiger partial charge in [0.05, 0.1) is 0 Å². The lowest BCUT2D eigenvalue weighted by molar-refractivity contribution is -0.118. The summed E-state index contributed by atoms with van der Waals surface area (Å²) in [6.45, 7) is 1.94. The summed E-state index contributed by atoms with van der Waals surface area (Å²) in [4.78, 5) is 22.2. The number of carbonyl (C=O) groups is 2. The largest absolute Gasteiger partial charge is 0.343 e. The molecular formula is C11H12N4O2S. The number of benzene rings is 1. The van der Waals surface area contributed by atoms with E-state index in [2.05, 4.69) is 16.1 Å². The molecule has 18 heavy (non-hydrogen) atoms. The fraction of sp³-hybridized carbons (Fsp3) is 0.182. The third kappa shape index (κ3) is 2.95. The number of nitrogens with one attached hydrogen (secondary N) is 3.